The van der Waals surface area contributed by atoms with Crippen LogP contribution in [0.15, 0.2) is 12.2 Å². The first-order valence-corrected chi connectivity index (χ1v) is 27.0. The van der Waals surface area contributed by atoms with E-state index in [0.29, 0.717) is 12.8 Å². The van der Waals surface area contributed by atoms with Gasteiger partial charge in [0.15, 0.2) is 0 Å². The second-order valence-electron chi connectivity index (χ2n) is 16.5. The highest BCUT2D eigenvalue weighted by atomic mass is 31.2. The van der Waals surface area contributed by atoms with Gasteiger partial charge in [-0.2, -0.15) is 0 Å². The van der Waals surface area contributed by atoms with Crippen LogP contribution >= 0.6 is 15.6 Å². The molecular weight excluding hydrogens is 842 g/mol. The first kappa shape index (κ1) is 60.8. The van der Waals surface area contributed by atoms with Crippen LogP contribution in [0.2, 0.25) is 0 Å². The van der Waals surface area contributed by atoms with E-state index in [0.717, 1.165) is 44.9 Å². The fourth-order valence-electron chi connectivity index (χ4n) is 6.44. The smallest absolute Gasteiger partial charge is 0.463 e. The molecule has 62 heavy (non-hydrogen) atoms. The topological polar surface area (TPSA) is 225 Å². The van der Waals surface area contributed by atoms with Crippen LogP contribution in [0.5, 0.6) is 0 Å². The number of aliphatic hydroxyl groups is 3. The highest BCUT2D eigenvalue weighted by molar-refractivity contribution is 7.47. The Labute approximate surface area is 374 Å². The van der Waals surface area contributed by atoms with Crippen molar-refractivity contribution >= 4 is 27.6 Å². The minimum absolute atomic E-state index is 0.194. The molecule has 0 saturated carbocycles. The van der Waals surface area contributed by atoms with Crippen LogP contribution in [0.3, 0.4) is 0 Å². The van der Waals surface area contributed by atoms with Crippen molar-refractivity contribution in [3.63, 3.8) is 0 Å². The molecule has 5 unspecified atom stereocenters. The van der Waals surface area contributed by atoms with Crippen molar-refractivity contribution in [1.82, 2.24) is 0 Å². The van der Waals surface area contributed by atoms with Gasteiger partial charge in [0.2, 0.25) is 0 Å². The summed E-state index contributed by atoms with van der Waals surface area (Å²) in [7, 11) is -9.56. The van der Waals surface area contributed by atoms with Gasteiger partial charge in [0.1, 0.15) is 31.5 Å². The number of phosphoric ester groups is 2. The van der Waals surface area contributed by atoms with E-state index in [-0.39, 0.29) is 12.8 Å². The minimum atomic E-state index is -4.78. The molecule has 0 aromatic carbocycles. The maximum absolute atomic E-state index is 12.1. The number of carbonyl (C=O) groups is 2. The van der Waals surface area contributed by atoms with Crippen molar-refractivity contribution in [2.24, 2.45) is 0 Å². The van der Waals surface area contributed by atoms with Crippen LogP contribution in [0.25, 0.3) is 0 Å². The summed E-state index contributed by atoms with van der Waals surface area (Å²) in [5.41, 5.74) is 0. The third-order valence-electron chi connectivity index (χ3n) is 10.2. The molecule has 0 aromatic heterocycles. The van der Waals surface area contributed by atoms with Gasteiger partial charge in [0.05, 0.1) is 26.4 Å². The Morgan fingerprint density at radius 1 is 0.403 bits per heavy atom. The van der Waals surface area contributed by atoms with Gasteiger partial charge >= 0.3 is 27.6 Å². The van der Waals surface area contributed by atoms with Crippen LogP contribution in [0.4, 0.5) is 0 Å². The lowest BCUT2D eigenvalue weighted by atomic mass is 10.0. The van der Waals surface area contributed by atoms with Crippen molar-refractivity contribution in [3.8, 4) is 0 Å². The fourth-order valence-corrected chi connectivity index (χ4v) is 8.03. The van der Waals surface area contributed by atoms with Crippen LogP contribution in [0.1, 0.15) is 206 Å². The van der Waals surface area contributed by atoms with Crippen LogP contribution in [-0.4, -0.2) is 95.0 Å². The molecule has 0 saturated heterocycles. The monoisotopic (exact) mass is 931 g/mol. The Balaban J connectivity index is 3.87. The summed E-state index contributed by atoms with van der Waals surface area (Å²) < 4.78 is 53.0. The zero-order valence-electron chi connectivity index (χ0n) is 38.6. The van der Waals surface area contributed by atoms with Gasteiger partial charge < -0.3 is 34.6 Å². The number of unbranched alkanes of at least 4 members (excludes halogenated alkanes) is 25. The lowest BCUT2D eigenvalue weighted by Crippen LogP contribution is -2.25. The molecule has 0 aromatic rings. The van der Waals surface area contributed by atoms with E-state index in [1.807, 2.05) is 0 Å². The Bertz CT molecular complexity index is 1170. The number of allylic oxidation sites excluding steroid dienone is 2. The van der Waals surface area contributed by atoms with Crippen molar-refractivity contribution in [3.05, 3.63) is 12.2 Å². The Hall–Kier alpha value is -1.22. The molecule has 0 amide bonds. The number of hydrogen-bond donors (Lipinski definition) is 5. The lowest BCUT2D eigenvalue weighted by Gasteiger charge is -2.19. The molecular formula is C45H88O15P2. The average Bonchev–Trinajstić information content (AvgIpc) is 3.24. The fraction of sp³-hybridized carbons (Fsp3) is 0.911. The predicted octanol–water partition coefficient (Wildman–Crippen LogP) is 10.7. The van der Waals surface area contributed by atoms with E-state index in [1.165, 1.54) is 122 Å². The number of phosphoric acid groups is 2. The van der Waals surface area contributed by atoms with Gasteiger partial charge in [0.25, 0.3) is 0 Å². The average molecular weight is 931 g/mol. The quantitative estimate of drug-likeness (QED) is 0.0166. The standard InChI is InChI=1S/C45H88O15P2/c1-3-5-7-9-11-13-15-17-19-21-23-25-27-29-31-33-44(49)55-35-41(46)37-57-61(51,52)59-39-43(48)40-60-62(53,54)58-38-42(47)36-56-45(50)34-32-30-28-26-24-22-20-18-16-14-12-10-8-6-4-2/h13,15,41-43,46-48H,3-12,14,16-40H2,1-2H3,(H,51,52)(H,53,54)/b15-13-. The van der Waals surface area contributed by atoms with Gasteiger partial charge in [-0.3, -0.25) is 27.7 Å². The normalized spacial score (nSPS) is 15.3. The number of rotatable bonds is 47. The maximum Gasteiger partial charge on any atom is 0.472 e. The van der Waals surface area contributed by atoms with E-state index in [9.17, 15) is 43.8 Å². The van der Waals surface area contributed by atoms with Crippen molar-refractivity contribution < 1.29 is 71.4 Å². The molecule has 5 N–H and O–H groups in total. The Kier molecular flexibility index (Phi) is 41.6. The highest BCUT2D eigenvalue weighted by Gasteiger charge is 2.28. The molecule has 0 bridgehead atoms. The highest BCUT2D eigenvalue weighted by Crippen LogP contribution is 2.45. The molecule has 0 aliphatic rings. The zero-order valence-corrected chi connectivity index (χ0v) is 40.3. The predicted molar refractivity (Wildman–Crippen MR) is 242 cm³/mol. The summed E-state index contributed by atoms with van der Waals surface area (Å²) in [5, 5.41) is 30.0. The molecule has 0 aliphatic carbocycles. The first-order valence-electron chi connectivity index (χ1n) is 24.0. The van der Waals surface area contributed by atoms with Gasteiger partial charge in [-0.05, 0) is 38.5 Å². The summed E-state index contributed by atoms with van der Waals surface area (Å²) in [6.07, 6.45) is 33.4. The molecule has 0 aliphatic heterocycles. The van der Waals surface area contributed by atoms with E-state index in [1.54, 1.807) is 0 Å². The Morgan fingerprint density at radius 3 is 0.952 bits per heavy atom. The van der Waals surface area contributed by atoms with Gasteiger partial charge in [-0.1, -0.05) is 167 Å². The van der Waals surface area contributed by atoms with Crippen LogP contribution in [-0.2, 0) is 46.3 Å². The second-order valence-corrected chi connectivity index (χ2v) is 19.4. The number of carbonyl (C=O) groups excluding carboxylic acids is 2. The Morgan fingerprint density at radius 2 is 0.645 bits per heavy atom. The molecule has 0 fully saturated rings. The van der Waals surface area contributed by atoms with E-state index < -0.39 is 85.5 Å². The van der Waals surface area contributed by atoms with E-state index >= 15 is 0 Å². The number of aliphatic hydroxyl groups excluding tert-OH is 3. The molecule has 368 valence electrons. The number of esters is 2. The molecule has 17 heteroatoms. The SMILES string of the molecule is CCCCCC/C=C\CCCCCCCCCC(=O)OCC(O)COP(=O)(O)OCC(O)COP(=O)(O)OCC(O)COC(=O)CCCCCCCCCCCCCCCCC. The molecule has 0 rings (SSSR count). The molecule has 15 nitrogen and oxygen atoms in total. The van der Waals surface area contributed by atoms with Crippen molar-refractivity contribution in [1.29, 1.82) is 0 Å². The summed E-state index contributed by atoms with van der Waals surface area (Å²) >= 11 is 0. The second kappa shape index (κ2) is 42.4. The molecule has 0 spiro atoms. The lowest BCUT2D eigenvalue weighted by molar-refractivity contribution is -0.148. The largest absolute Gasteiger partial charge is 0.472 e. The summed E-state index contributed by atoms with van der Waals surface area (Å²) in [4.78, 5) is 43.7. The van der Waals surface area contributed by atoms with Crippen molar-refractivity contribution in [2.75, 3.05) is 39.6 Å². The summed E-state index contributed by atoms with van der Waals surface area (Å²) in [5.74, 6) is -0.992. The summed E-state index contributed by atoms with van der Waals surface area (Å²) in [6, 6.07) is 0. The van der Waals surface area contributed by atoms with Crippen LogP contribution < -0.4 is 0 Å². The zero-order chi connectivity index (χ0) is 46.0. The summed E-state index contributed by atoms with van der Waals surface area (Å²) in [6.45, 7) is 0.433. The molecule has 0 radical (unpaired) electrons. The first-order chi connectivity index (χ1) is 29.8. The maximum atomic E-state index is 12.1. The molecule has 0 heterocycles. The van der Waals surface area contributed by atoms with Gasteiger partial charge in [-0.15, -0.1) is 0 Å². The van der Waals surface area contributed by atoms with Crippen molar-refractivity contribution in [2.45, 2.75) is 225 Å². The molecule has 5 atom stereocenters. The minimum Gasteiger partial charge on any atom is -0.463 e. The third-order valence-corrected chi connectivity index (χ3v) is 12.1. The van der Waals surface area contributed by atoms with E-state index in [2.05, 4.69) is 44.1 Å². The van der Waals surface area contributed by atoms with Gasteiger partial charge in [-0.25, -0.2) is 9.13 Å². The van der Waals surface area contributed by atoms with Crippen LogP contribution in [0, 0.1) is 0 Å². The van der Waals surface area contributed by atoms with Gasteiger partial charge in [0, 0.05) is 12.8 Å². The number of hydrogen-bond acceptors (Lipinski definition) is 13. The third kappa shape index (κ3) is 44.0. The number of ether oxygens (including phenoxy) is 2. The van der Waals surface area contributed by atoms with E-state index in [4.69, 9.17) is 9.47 Å².